The maximum absolute atomic E-state index is 8.12. The van der Waals surface area contributed by atoms with Gasteiger partial charge in [-0.2, -0.15) is 5.26 Å². The number of hydrogen-bond donors (Lipinski definition) is 1. The van der Waals surface area contributed by atoms with E-state index in [2.05, 4.69) is 5.32 Å². The summed E-state index contributed by atoms with van der Waals surface area (Å²) < 4.78 is 4.74. The van der Waals surface area contributed by atoms with Gasteiger partial charge in [0.05, 0.1) is 18.0 Å². The van der Waals surface area contributed by atoms with Gasteiger partial charge >= 0.3 is 0 Å². The SMILES string of the molecule is N#CCNc1ccoc1. The molecule has 1 N–H and O–H groups in total. The smallest absolute Gasteiger partial charge is 0.113 e. The fourth-order valence-corrected chi connectivity index (χ4v) is 0.507. The van der Waals surface area contributed by atoms with Crippen molar-refractivity contribution in [2.45, 2.75) is 0 Å². The van der Waals surface area contributed by atoms with Crippen molar-refractivity contribution in [3.05, 3.63) is 18.6 Å². The van der Waals surface area contributed by atoms with Crippen molar-refractivity contribution in [2.24, 2.45) is 0 Å². The molecule has 0 saturated heterocycles. The van der Waals surface area contributed by atoms with Gasteiger partial charge in [-0.3, -0.25) is 0 Å². The molecule has 0 saturated carbocycles. The predicted octanol–water partition coefficient (Wildman–Crippen LogP) is 1.22. The number of nitrogens with one attached hydrogen (secondary N) is 1. The number of rotatable bonds is 2. The van der Waals surface area contributed by atoms with E-state index >= 15 is 0 Å². The molecule has 0 aliphatic carbocycles. The molecule has 0 unspecified atom stereocenters. The maximum atomic E-state index is 8.12. The summed E-state index contributed by atoms with van der Waals surface area (Å²) in [5.74, 6) is 0. The lowest BCUT2D eigenvalue weighted by atomic mass is 10.5. The monoisotopic (exact) mass is 122 g/mol. The van der Waals surface area contributed by atoms with Crippen molar-refractivity contribution in [3.8, 4) is 6.07 Å². The Bertz CT molecular complexity index is 197. The second-order valence-corrected chi connectivity index (χ2v) is 1.52. The van der Waals surface area contributed by atoms with Crippen molar-refractivity contribution < 1.29 is 4.42 Å². The number of anilines is 1. The van der Waals surface area contributed by atoms with Crippen molar-refractivity contribution in [1.29, 1.82) is 5.26 Å². The van der Waals surface area contributed by atoms with Gasteiger partial charge in [0, 0.05) is 0 Å². The van der Waals surface area contributed by atoms with Crippen molar-refractivity contribution >= 4 is 5.69 Å². The first-order chi connectivity index (χ1) is 4.43. The molecule has 0 aliphatic rings. The van der Waals surface area contributed by atoms with Crippen LogP contribution in [0.15, 0.2) is 23.0 Å². The quantitative estimate of drug-likeness (QED) is 0.600. The fraction of sp³-hybridized carbons (Fsp3) is 0.167. The third-order valence-corrected chi connectivity index (χ3v) is 0.893. The molecule has 1 rings (SSSR count). The van der Waals surface area contributed by atoms with E-state index in [0.717, 1.165) is 5.69 Å². The van der Waals surface area contributed by atoms with Crippen LogP contribution in [0.25, 0.3) is 0 Å². The molecule has 46 valence electrons. The topological polar surface area (TPSA) is 49.0 Å². The Kier molecular flexibility index (Phi) is 1.76. The summed E-state index contributed by atoms with van der Waals surface area (Å²) in [5, 5.41) is 10.9. The summed E-state index contributed by atoms with van der Waals surface area (Å²) in [6.07, 6.45) is 3.11. The van der Waals surface area contributed by atoms with E-state index in [-0.39, 0.29) is 0 Å². The van der Waals surface area contributed by atoms with Crippen LogP contribution >= 0.6 is 0 Å². The molecule has 3 heteroatoms. The van der Waals surface area contributed by atoms with Gasteiger partial charge < -0.3 is 9.73 Å². The van der Waals surface area contributed by atoms with Gasteiger partial charge in [-0.15, -0.1) is 0 Å². The number of hydrogen-bond acceptors (Lipinski definition) is 3. The van der Waals surface area contributed by atoms with Gasteiger partial charge in [-0.25, -0.2) is 0 Å². The number of furan rings is 1. The third kappa shape index (κ3) is 1.50. The van der Waals surface area contributed by atoms with E-state index in [4.69, 9.17) is 9.68 Å². The zero-order chi connectivity index (χ0) is 6.53. The molecular formula is C6H6N2O. The summed E-state index contributed by atoms with van der Waals surface area (Å²) in [6, 6.07) is 3.71. The van der Waals surface area contributed by atoms with Gasteiger partial charge in [0.1, 0.15) is 12.8 Å². The minimum Gasteiger partial charge on any atom is -0.470 e. The van der Waals surface area contributed by atoms with Gasteiger partial charge in [0.25, 0.3) is 0 Å². The summed E-state index contributed by atoms with van der Waals surface area (Å²) in [5.41, 5.74) is 0.844. The second kappa shape index (κ2) is 2.78. The lowest BCUT2D eigenvalue weighted by Gasteiger charge is -1.90. The minimum absolute atomic E-state index is 0.319. The Morgan fingerprint density at radius 2 is 2.67 bits per heavy atom. The molecule has 3 nitrogen and oxygen atoms in total. The molecule has 1 aromatic heterocycles. The normalized spacial score (nSPS) is 8.33. The Balaban J connectivity index is 2.41. The van der Waals surface area contributed by atoms with E-state index in [1.54, 1.807) is 18.6 Å². The molecule has 1 heterocycles. The van der Waals surface area contributed by atoms with Crippen LogP contribution in [0.5, 0.6) is 0 Å². The van der Waals surface area contributed by atoms with Crippen molar-refractivity contribution in [1.82, 2.24) is 0 Å². The van der Waals surface area contributed by atoms with Gasteiger partial charge in [0.2, 0.25) is 0 Å². The first-order valence-electron chi connectivity index (χ1n) is 2.56. The third-order valence-electron chi connectivity index (χ3n) is 0.893. The van der Waals surface area contributed by atoms with E-state index in [0.29, 0.717) is 6.54 Å². The summed E-state index contributed by atoms with van der Waals surface area (Å²) in [7, 11) is 0. The Morgan fingerprint density at radius 3 is 3.22 bits per heavy atom. The Hall–Kier alpha value is -1.43. The first kappa shape index (κ1) is 5.70. The molecule has 1 aromatic rings. The van der Waals surface area contributed by atoms with Gasteiger partial charge in [0.15, 0.2) is 0 Å². The highest BCUT2D eigenvalue weighted by atomic mass is 16.3. The summed E-state index contributed by atoms with van der Waals surface area (Å²) in [4.78, 5) is 0. The van der Waals surface area contributed by atoms with Crippen LogP contribution in [0, 0.1) is 11.3 Å². The molecule has 0 spiro atoms. The first-order valence-corrected chi connectivity index (χ1v) is 2.56. The molecule has 0 fully saturated rings. The number of nitriles is 1. The molecule has 0 radical (unpaired) electrons. The lowest BCUT2D eigenvalue weighted by Crippen LogP contribution is -1.95. The molecule has 0 amide bonds. The maximum Gasteiger partial charge on any atom is 0.113 e. The van der Waals surface area contributed by atoms with Crippen LogP contribution in [-0.4, -0.2) is 6.54 Å². The molecule has 0 bridgehead atoms. The Morgan fingerprint density at radius 1 is 1.78 bits per heavy atom. The number of nitrogens with zero attached hydrogens (tertiary/aromatic N) is 1. The average molecular weight is 122 g/mol. The molecule has 9 heavy (non-hydrogen) atoms. The molecule has 0 aliphatic heterocycles. The Labute approximate surface area is 52.9 Å². The highest BCUT2D eigenvalue weighted by Crippen LogP contribution is 2.04. The van der Waals surface area contributed by atoms with Crippen LogP contribution in [0.1, 0.15) is 0 Å². The molecule has 0 atom stereocenters. The van der Waals surface area contributed by atoms with E-state index in [9.17, 15) is 0 Å². The minimum atomic E-state index is 0.319. The highest BCUT2D eigenvalue weighted by Gasteiger charge is 1.87. The van der Waals surface area contributed by atoms with Crippen LogP contribution in [-0.2, 0) is 0 Å². The fourth-order valence-electron chi connectivity index (χ4n) is 0.507. The van der Waals surface area contributed by atoms with Crippen LogP contribution in [0.2, 0.25) is 0 Å². The average Bonchev–Trinajstić information content (AvgIpc) is 2.34. The summed E-state index contributed by atoms with van der Waals surface area (Å²) in [6.45, 7) is 0.319. The highest BCUT2D eigenvalue weighted by molar-refractivity contribution is 5.39. The zero-order valence-electron chi connectivity index (χ0n) is 4.79. The van der Waals surface area contributed by atoms with Crippen molar-refractivity contribution in [2.75, 3.05) is 11.9 Å². The van der Waals surface area contributed by atoms with Crippen LogP contribution in [0.4, 0.5) is 5.69 Å². The van der Waals surface area contributed by atoms with Crippen LogP contribution < -0.4 is 5.32 Å². The predicted molar refractivity (Wildman–Crippen MR) is 32.8 cm³/mol. The summed E-state index contributed by atoms with van der Waals surface area (Å²) >= 11 is 0. The molecule has 0 aromatic carbocycles. The standard InChI is InChI=1S/C6H6N2O/c7-2-3-8-6-1-4-9-5-6/h1,4-5,8H,3H2. The zero-order valence-corrected chi connectivity index (χ0v) is 4.79. The second-order valence-electron chi connectivity index (χ2n) is 1.52. The van der Waals surface area contributed by atoms with E-state index < -0.39 is 0 Å². The lowest BCUT2D eigenvalue weighted by molar-refractivity contribution is 0.568. The van der Waals surface area contributed by atoms with Crippen molar-refractivity contribution in [3.63, 3.8) is 0 Å². The molecular weight excluding hydrogens is 116 g/mol. The van der Waals surface area contributed by atoms with E-state index in [1.807, 2.05) is 6.07 Å². The largest absolute Gasteiger partial charge is 0.470 e. The van der Waals surface area contributed by atoms with Gasteiger partial charge in [-0.05, 0) is 6.07 Å². The van der Waals surface area contributed by atoms with E-state index in [1.165, 1.54) is 0 Å². The van der Waals surface area contributed by atoms with Crippen LogP contribution in [0.3, 0.4) is 0 Å². The van der Waals surface area contributed by atoms with Gasteiger partial charge in [-0.1, -0.05) is 0 Å².